The summed E-state index contributed by atoms with van der Waals surface area (Å²) in [4.78, 5) is 3.22. The third-order valence-corrected chi connectivity index (χ3v) is 2.46. The minimum absolute atomic E-state index is 0.0914. The van der Waals surface area contributed by atoms with Gasteiger partial charge in [-0.25, -0.2) is 0 Å². The predicted octanol–water partition coefficient (Wildman–Crippen LogP) is 1.87. The van der Waals surface area contributed by atoms with Gasteiger partial charge >= 0.3 is 0 Å². The molecule has 0 saturated heterocycles. The van der Waals surface area contributed by atoms with Crippen LogP contribution in [0.3, 0.4) is 0 Å². The molecule has 2 heteroatoms. The lowest BCUT2D eigenvalue weighted by atomic mass is 9.83. The molecule has 3 N–H and O–H groups in total. The second-order valence-electron chi connectivity index (χ2n) is 4.06. The first-order chi connectivity index (χ1) is 5.49. The van der Waals surface area contributed by atoms with Crippen LogP contribution in [0.15, 0.2) is 6.20 Å². The number of aryl methyl sites for hydroxylation is 2. The molecular formula is C10H18N2. The first kappa shape index (κ1) is 9.33. The largest absolute Gasteiger partial charge is 0.365 e. The van der Waals surface area contributed by atoms with Crippen LogP contribution in [-0.2, 0) is 5.41 Å². The molecule has 0 saturated carbocycles. The fraction of sp³-hybridized carbons (Fsp3) is 0.600. The van der Waals surface area contributed by atoms with Gasteiger partial charge in [-0.05, 0) is 25.0 Å². The molecule has 1 aromatic rings. The van der Waals surface area contributed by atoms with Gasteiger partial charge in [0.05, 0.1) is 0 Å². The van der Waals surface area contributed by atoms with E-state index in [4.69, 9.17) is 5.73 Å². The van der Waals surface area contributed by atoms with Crippen LogP contribution in [0.1, 0.15) is 30.7 Å². The smallest absolute Gasteiger partial charge is 0.0156 e. The quantitative estimate of drug-likeness (QED) is 0.692. The number of hydrogen-bond acceptors (Lipinski definition) is 1. The van der Waals surface area contributed by atoms with Gasteiger partial charge in [0, 0.05) is 23.9 Å². The lowest BCUT2D eigenvalue weighted by Gasteiger charge is -2.23. The maximum Gasteiger partial charge on any atom is 0.0156 e. The molecule has 1 rings (SSSR count). The standard InChI is InChI=1S/C10H18N2/c1-7-5-12-8(2)9(7)10(3,4)6-11/h5,12H,6,11H2,1-4H3. The van der Waals surface area contributed by atoms with Crippen LogP contribution in [0.4, 0.5) is 0 Å². The summed E-state index contributed by atoms with van der Waals surface area (Å²) >= 11 is 0. The van der Waals surface area contributed by atoms with Crippen LogP contribution < -0.4 is 5.73 Å². The molecule has 1 heterocycles. The third-order valence-electron chi connectivity index (χ3n) is 2.46. The van der Waals surface area contributed by atoms with Gasteiger partial charge in [-0.3, -0.25) is 0 Å². The number of rotatable bonds is 2. The van der Waals surface area contributed by atoms with Crippen molar-refractivity contribution in [3.8, 4) is 0 Å². The van der Waals surface area contributed by atoms with Crippen LogP contribution in [-0.4, -0.2) is 11.5 Å². The third kappa shape index (κ3) is 1.39. The maximum absolute atomic E-state index is 5.72. The number of aromatic nitrogens is 1. The molecule has 0 amide bonds. The van der Waals surface area contributed by atoms with Gasteiger partial charge in [-0.2, -0.15) is 0 Å². The highest BCUT2D eigenvalue weighted by Crippen LogP contribution is 2.27. The minimum atomic E-state index is 0.0914. The fourth-order valence-electron chi connectivity index (χ4n) is 1.80. The van der Waals surface area contributed by atoms with Crippen molar-refractivity contribution < 1.29 is 0 Å². The minimum Gasteiger partial charge on any atom is -0.365 e. The molecule has 0 spiro atoms. The second-order valence-corrected chi connectivity index (χ2v) is 4.06. The molecule has 0 radical (unpaired) electrons. The zero-order valence-electron chi connectivity index (χ0n) is 8.36. The van der Waals surface area contributed by atoms with Crippen molar-refractivity contribution in [2.75, 3.05) is 6.54 Å². The van der Waals surface area contributed by atoms with Gasteiger partial charge in [0.2, 0.25) is 0 Å². The molecule has 0 unspecified atom stereocenters. The van der Waals surface area contributed by atoms with E-state index < -0.39 is 0 Å². The van der Waals surface area contributed by atoms with Crippen LogP contribution >= 0.6 is 0 Å². The van der Waals surface area contributed by atoms with Gasteiger partial charge in [0.25, 0.3) is 0 Å². The SMILES string of the molecule is Cc1c[nH]c(C)c1C(C)(C)CN. The van der Waals surface area contributed by atoms with Gasteiger partial charge < -0.3 is 10.7 Å². The van der Waals surface area contributed by atoms with Crippen molar-refractivity contribution >= 4 is 0 Å². The molecule has 0 aliphatic heterocycles. The fourth-order valence-corrected chi connectivity index (χ4v) is 1.80. The number of hydrogen-bond donors (Lipinski definition) is 2. The van der Waals surface area contributed by atoms with E-state index in [1.165, 1.54) is 16.8 Å². The summed E-state index contributed by atoms with van der Waals surface area (Å²) in [5, 5.41) is 0. The average molecular weight is 166 g/mol. The highest BCUT2D eigenvalue weighted by Gasteiger charge is 2.23. The van der Waals surface area contributed by atoms with E-state index in [1.54, 1.807) is 0 Å². The Morgan fingerprint density at radius 2 is 2.00 bits per heavy atom. The van der Waals surface area contributed by atoms with Crippen molar-refractivity contribution in [1.29, 1.82) is 0 Å². The van der Waals surface area contributed by atoms with Crippen molar-refractivity contribution in [1.82, 2.24) is 4.98 Å². The Hall–Kier alpha value is -0.760. The Morgan fingerprint density at radius 1 is 1.42 bits per heavy atom. The van der Waals surface area contributed by atoms with Gasteiger partial charge in [-0.15, -0.1) is 0 Å². The Labute approximate surface area is 74.2 Å². The Bertz CT molecular complexity index is 252. The summed E-state index contributed by atoms with van der Waals surface area (Å²) in [6.45, 7) is 9.26. The van der Waals surface area contributed by atoms with Crippen molar-refractivity contribution in [2.45, 2.75) is 33.1 Å². The zero-order chi connectivity index (χ0) is 9.35. The predicted molar refractivity (Wildman–Crippen MR) is 52.3 cm³/mol. The van der Waals surface area contributed by atoms with Gasteiger partial charge in [0.1, 0.15) is 0 Å². The number of nitrogens with one attached hydrogen (secondary N) is 1. The summed E-state index contributed by atoms with van der Waals surface area (Å²) in [5.74, 6) is 0. The van der Waals surface area contributed by atoms with E-state index >= 15 is 0 Å². The molecule has 1 aromatic heterocycles. The Morgan fingerprint density at radius 3 is 2.33 bits per heavy atom. The topological polar surface area (TPSA) is 41.8 Å². The molecule has 12 heavy (non-hydrogen) atoms. The summed E-state index contributed by atoms with van der Waals surface area (Å²) in [6, 6.07) is 0. The van der Waals surface area contributed by atoms with E-state index in [2.05, 4.69) is 32.7 Å². The van der Waals surface area contributed by atoms with E-state index in [9.17, 15) is 0 Å². The monoisotopic (exact) mass is 166 g/mol. The second kappa shape index (κ2) is 2.94. The van der Waals surface area contributed by atoms with E-state index in [1.807, 2.05) is 6.20 Å². The normalized spacial score (nSPS) is 12.1. The van der Waals surface area contributed by atoms with Crippen LogP contribution in [0.5, 0.6) is 0 Å². The molecule has 0 fully saturated rings. The lowest BCUT2D eigenvalue weighted by molar-refractivity contribution is 0.533. The first-order valence-electron chi connectivity index (χ1n) is 4.34. The van der Waals surface area contributed by atoms with Crippen molar-refractivity contribution in [2.24, 2.45) is 5.73 Å². The molecule has 0 aliphatic rings. The molecule has 2 nitrogen and oxygen atoms in total. The molecule has 68 valence electrons. The number of aromatic amines is 1. The summed E-state index contributed by atoms with van der Waals surface area (Å²) in [5.41, 5.74) is 9.73. The summed E-state index contributed by atoms with van der Waals surface area (Å²) in [7, 11) is 0. The number of nitrogens with two attached hydrogens (primary N) is 1. The zero-order valence-corrected chi connectivity index (χ0v) is 8.36. The van der Waals surface area contributed by atoms with Crippen molar-refractivity contribution in [3.05, 3.63) is 23.0 Å². The highest BCUT2D eigenvalue weighted by molar-refractivity contribution is 5.35. The molecule has 0 aromatic carbocycles. The lowest BCUT2D eigenvalue weighted by Crippen LogP contribution is -2.29. The molecule has 0 bridgehead atoms. The maximum atomic E-state index is 5.72. The molecular weight excluding hydrogens is 148 g/mol. The van der Waals surface area contributed by atoms with Gasteiger partial charge in [0.15, 0.2) is 0 Å². The van der Waals surface area contributed by atoms with Crippen LogP contribution in [0.2, 0.25) is 0 Å². The van der Waals surface area contributed by atoms with E-state index in [-0.39, 0.29) is 5.41 Å². The van der Waals surface area contributed by atoms with Crippen LogP contribution in [0, 0.1) is 13.8 Å². The number of H-pyrrole nitrogens is 1. The van der Waals surface area contributed by atoms with E-state index in [0.717, 1.165) is 0 Å². The highest BCUT2D eigenvalue weighted by atomic mass is 14.7. The van der Waals surface area contributed by atoms with Crippen LogP contribution in [0.25, 0.3) is 0 Å². The summed E-state index contributed by atoms with van der Waals surface area (Å²) in [6.07, 6.45) is 2.04. The first-order valence-corrected chi connectivity index (χ1v) is 4.34. The summed E-state index contributed by atoms with van der Waals surface area (Å²) < 4.78 is 0. The average Bonchev–Trinajstić information content (AvgIpc) is 2.31. The Balaban J connectivity index is 3.17. The van der Waals surface area contributed by atoms with E-state index in [0.29, 0.717) is 6.54 Å². The molecule has 0 atom stereocenters. The van der Waals surface area contributed by atoms with Crippen molar-refractivity contribution in [3.63, 3.8) is 0 Å². The molecule has 0 aliphatic carbocycles. The Kier molecular flexibility index (Phi) is 2.29. The van der Waals surface area contributed by atoms with Gasteiger partial charge in [-0.1, -0.05) is 13.8 Å².